The number of carboxylic acids is 1. The average Bonchev–Trinajstić information content (AvgIpc) is 2.90. The summed E-state index contributed by atoms with van der Waals surface area (Å²) in [6.07, 6.45) is 14.2. The van der Waals surface area contributed by atoms with Crippen LogP contribution in [-0.4, -0.2) is 26.1 Å². The first-order valence-corrected chi connectivity index (χ1v) is 8.76. The highest BCUT2D eigenvalue weighted by atomic mass is 16.4. The maximum atomic E-state index is 10.7. The Bertz CT molecular complexity index is 418. The maximum absolute atomic E-state index is 10.7. The summed E-state index contributed by atoms with van der Waals surface area (Å²) in [5, 5.41) is 16.8. The molecule has 126 valence electrons. The third-order valence-electron chi connectivity index (χ3n) is 4.06. The molecule has 0 aliphatic carbocycles. The van der Waals surface area contributed by atoms with Gasteiger partial charge in [-0.3, -0.25) is 4.79 Å². The van der Waals surface area contributed by atoms with Crippen molar-refractivity contribution in [1.29, 1.82) is 0 Å². The third kappa shape index (κ3) is 8.15. The van der Waals surface area contributed by atoms with Gasteiger partial charge in [-0.25, -0.2) is 4.68 Å². The fourth-order valence-electron chi connectivity index (χ4n) is 2.83. The summed E-state index contributed by atoms with van der Waals surface area (Å²) in [6.45, 7) is 4.36. The van der Waals surface area contributed by atoms with Gasteiger partial charge in [0.1, 0.15) is 6.54 Å². The van der Waals surface area contributed by atoms with E-state index in [-0.39, 0.29) is 6.54 Å². The van der Waals surface area contributed by atoms with Gasteiger partial charge in [0, 0.05) is 6.20 Å². The SMILES string of the molecule is CCCCCCC(CCCCC)Cc1cn(CC(=O)O)nn1. The summed E-state index contributed by atoms with van der Waals surface area (Å²) >= 11 is 0. The number of unbranched alkanes of at least 4 members (excludes halogenated alkanes) is 5. The van der Waals surface area contributed by atoms with Crippen LogP contribution in [0.25, 0.3) is 0 Å². The van der Waals surface area contributed by atoms with Crippen molar-refractivity contribution in [3.8, 4) is 0 Å². The molecule has 0 aliphatic heterocycles. The van der Waals surface area contributed by atoms with Crippen LogP contribution in [-0.2, 0) is 17.8 Å². The van der Waals surface area contributed by atoms with Gasteiger partial charge >= 0.3 is 5.97 Å². The highest BCUT2D eigenvalue weighted by Gasteiger charge is 2.13. The molecule has 0 radical (unpaired) electrons. The molecule has 5 nitrogen and oxygen atoms in total. The summed E-state index contributed by atoms with van der Waals surface area (Å²) < 4.78 is 1.41. The van der Waals surface area contributed by atoms with Gasteiger partial charge in [-0.05, 0) is 12.3 Å². The van der Waals surface area contributed by atoms with Crippen molar-refractivity contribution >= 4 is 5.97 Å². The number of aromatic nitrogens is 3. The molecule has 1 heterocycles. The van der Waals surface area contributed by atoms with Crippen molar-refractivity contribution in [1.82, 2.24) is 15.0 Å². The molecule has 0 aliphatic rings. The molecule has 0 spiro atoms. The Morgan fingerprint density at radius 2 is 1.77 bits per heavy atom. The van der Waals surface area contributed by atoms with Crippen molar-refractivity contribution in [2.75, 3.05) is 0 Å². The molecule has 1 unspecified atom stereocenters. The Kier molecular flexibility index (Phi) is 9.51. The van der Waals surface area contributed by atoms with Crippen molar-refractivity contribution in [2.24, 2.45) is 5.92 Å². The zero-order valence-electron chi connectivity index (χ0n) is 14.1. The smallest absolute Gasteiger partial charge is 0.325 e. The van der Waals surface area contributed by atoms with Gasteiger partial charge in [0.05, 0.1) is 5.69 Å². The zero-order valence-corrected chi connectivity index (χ0v) is 14.1. The van der Waals surface area contributed by atoms with Crippen LogP contribution >= 0.6 is 0 Å². The second-order valence-electron chi connectivity index (χ2n) is 6.22. The monoisotopic (exact) mass is 309 g/mol. The van der Waals surface area contributed by atoms with Crippen LogP contribution in [0.15, 0.2) is 6.20 Å². The molecule has 0 amide bonds. The van der Waals surface area contributed by atoms with Crippen LogP contribution in [0, 0.1) is 5.92 Å². The van der Waals surface area contributed by atoms with Crippen molar-refractivity contribution in [2.45, 2.75) is 84.6 Å². The molecule has 0 bridgehead atoms. The second kappa shape index (κ2) is 11.2. The maximum Gasteiger partial charge on any atom is 0.325 e. The van der Waals surface area contributed by atoms with Gasteiger partial charge in [0.2, 0.25) is 0 Å². The summed E-state index contributed by atoms with van der Waals surface area (Å²) in [5.41, 5.74) is 0.929. The number of aliphatic carboxylic acids is 1. The van der Waals surface area contributed by atoms with Crippen LogP contribution in [0.5, 0.6) is 0 Å². The molecule has 0 saturated carbocycles. The summed E-state index contributed by atoms with van der Waals surface area (Å²) in [4.78, 5) is 10.7. The topological polar surface area (TPSA) is 68.0 Å². The van der Waals surface area contributed by atoms with E-state index in [1.54, 1.807) is 6.20 Å². The van der Waals surface area contributed by atoms with Gasteiger partial charge < -0.3 is 5.11 Å². The van der Waals surface area contributed by atoms with Gasteiger partial charge in [0.25, 0.3) is 0 Å². The molecule has 1 rings (SSSR count). The minimum Gasteiger partial charge on any atom is -0.480 e. The summed E-state index contributed by atoms with van der Waals surface area (Å²) in [7, 11) is 0. The van der Waals surface area contributed by atoms with Crippen LogP contribution in [0.1, 0.15) is 77.3 Å². The minimum atomic E-state index is -0.879. The van der Waals surface area contributed by atoms with Crippen LogP contribution in [0.2, 0.25) is 0 Å². The zero-order chi connectivity index (χ0) is 16.2. The number of nitrogens with zero attached hydrogens (tertiary/aromatic N) is 3. The Hall–Kier alpha value is -1.39. The molecule has 1 aromatic rings. The Morgan fingerprint density at radius 1 is 1.14 bits per heavy atom. The third-order valence-corrected chi connectivity index (χ3v) is 4.06. The highest BCUT2D eigenvalue weighted by Crippen LogP contribution is 2.21. The van der Waals surface area contributed by atoms with E-state index in [1.165, 1.54) is 62.5 Å². The lowest BCUT2D eigenvalue weighted by atomic mass is 9.91. The van der Waals surface area contributed by atoms with E-state index in [1.807, 2.05) is 0 Å². The largest absolute Gasteiger partial charge is 0.480 e. The van der Waals surface area contributed by atoms with Gasteiger partial charge in [-0.2, -0.15) is 0 Å². The number of hydrogen-bond donors (Lipinski definition) is 1. The van der Waals surface area contributed by atoms with Crippen LogP contribution in [0.4, 0.5) is 0 Å². The van der Waals surface area contributed by atoms with Gasteiger partial charge in [-0.15, -0.1) is 5.10 Å². The fraction of sp³-hybridized carbons (Fsp3) is 0.824. The van der Waals surface area contributed by atoms with E-state index in [2.05, 4.69) is 24.2 Å². The molecule has 0 aromatic carbocycles. The normalized spacial score (nSPS) is 12.5. The predicted octanol–water partition coefficient (Wildman–Crippen LogP) is 4.07. The van der Waals surface area contributed by atoms with Crippen LogP contribution < -0.4 is 0 Å². The first-order chi connectivity index (χ1) is 10.7. The molecule has 22 heavy (non-hydrogen) atoms. The van der Waals surface area contributed by atoms with E-state index in [4.69, 9.17) is 5.11 Å². The molecule has 1 aromatic heterocycles. The lowest BCUT2D eigenvalue weighted by Crippen LogP contribution is -2.09. The summed E-state index contributed by atoms with van der Waals surface area (Å²) in [6, 6.07) is 0. The predicted molar refractivity (Wildman–Crippen MR) is 87.8 cm³/mol. The van der Waals surface area contributed by atoms with Gasteiger partial charge in [0.15, 0.2) is 0 Å². The van der Waals surface area contributed by atoms with Crippen molar-refractivity contribution in [3.05, 3.63) is 11.9 Å². The van der Waals surface area contributed by atoms with E-state index < -0.39 is 5.97 Å². The lowest BCUT2D eigenvalue weighted by Gasteiger charge is -2.15. The second-order valence-corrected chi connectivity index (χ2v) is 6.22. The standard InChI is InChI=1S/C17H31N3O2/c1-3-5-7-9-11-15(10-8-6-4-2)12-16-13-20(19-18-16)14-17(21)22/h13,15H,3-12,14H2,1-2H3,(H,21,22). The minimum absolute atomic E-state index is 0.107. The van der Waals surface area contributed by atoms with Crippen molar-refractivity contribution < 1.29 is 9.90 Å². The number of rotatable bonds is 13. The lowest BCUT2D eigenvalue weighted by molar-refractivity contribution is -0.137. The molecular weight excluding hydrogens is 278 g/mol. The quantitative estimate of drug-likeness (QED) is 0.558. The summed E-state index contributed by atoms with van der Waals surface area (Å²) in [5.74, 6) is -0.228. The average molecular weight is 309 g/mol. The van der Waals surface area contributed by atoms with E-state index >= 15 is 0 Å². The molecule has 5 heteroatoms. The molecule has 0 fully saturated rings. The molecule has 0 saturated heterocycles. The van der Waals surface area contributed by atoms with Crippen LogP contribution in [0.3, 0.4) is 0 Å². The van der Waals surface area contributed by atoms with E-state index in [9.17, 15) is 4.79 Å². The fourth-order valence-corrected chi connectivity index (χ4v) is 2.83. The number of carboxylic acid groups (broad SMARTS) is 1. The molecule has 1 atom stereocenters. The molecule has 1 N–H and O–H groups in total. The van der Waals surface area contributed by atoms with Crippen molar-refractivity contribution in [3.63, 3.8) is 0 Å². The number of hydrogen-bond acceptors (Lipinski definition) is 3. The highest BCUT2D eigenvalue weighted by molar-refractivity contribution is 5.66. The van der Waals surface area contributed by atoms with E-state index in [0.29, 0.717) is 5.92 Å². The first-order valence-electron chi connectivity index (χ1n) is 8.76. The molecular formula is C17H31N3O2. The Balaban J connectivity index is 2.46. The van der Waals surface area contributed by atoms with Gasteiger partial charge in [-0.1, -0.05) is 76.8 Å². The Labute approximate surface area is 134 Å². The number of carbonyl (C=O) groups is 1. The Morgan fingerprint density at radius 3 is 2.41 bits per heavy atom. The first kappa shape index (κ1) is 18.7. The van der Waals surface area contributed by atoms with E-state index in [0.717, 1.165) is 12.1 Å².